The monoisotopic (exact) mass is 363 g/mol. The van der Waals surface area contributed by atoms with Crippen LogP contribution >= 0.6 is 11.6 Å². The molecule has 0 radical (unpaired) electrons. The fourth-order valence-electron chi connectivity index (χ4n) is 2.32. The molecule has 0 amide bonds. The number of hydroxylamine groups is 2. The fourth-order valence-corrected chi connectivity index (χ4v) is 2.45. The molecule has 1 aliphatic rings. The van der Waals surface area contributed by atoms with E-state index in [0.717, 1.165) is 5.75 Å². The van der Waals surface area contributed by atoms with Crippen molar-refractivity contribution in [2.75, 3.05) is 20.8 Å². The van der Waals surface area contributed by atoms with E-state index in [1.54, 1.807) is 60.7 Å². The highest BCUT2D eigenvalue weighted by Crippen LogP contribution is 2.29. The summed E-state index contributed by atoms with van der Waals surface area (Å²) in [7, 11) is 2.93. The lowest BCUT2D eigenvalue weighted by Crippen LogP contribution is -2.36. The van der Waals surface area contributed by atoms with Crippen LogP contribution in [0.3, 0.4) is 0 Å². The zero-order valence-corrected chi connectivity index (χ0v) is 14.6. The van der Waals surface area contributed by atoms with Gasteiger partial charge in [0.05, 0.1) is 20.8 Å². The lowest BCUT2D eigenvalue weighted by atomic mass is 10.2. The van der Waals surface area contributed by atoms with Crippen LogP contribution in [0.4, 0.5) is 0 Å². The standard InChI is InChI=1S/C18H18ClNO5/c1-22-13-7-9-15(10-8-13)25-20-11-16(20)17(18(21)23-2)24-14-5-3-12(19)4-6-14/h3-10,16-17H,11H2,1-2H3/t16-,17+,20?/m1/s1. The van der Waals surface area contributed by atoms with Crippen LogP contribution in [0.5, 0.6) is 17.2 Å². The summed E-state index contributed by atoms with van der Waals surface area (Å²) in [5.41, 5.74) is 0. The normalized spacial score (nSPS) is 19.6. The summed E-state index contributed by atoms with van der Waals surface area (Å²) in [6.07, 6.45) is -0.788. The van der Waals surface area contributed by atoms with Crippen molar-refractivity contribution in [2.24, 2.45) is 0 Å². The van der Waals surface area contributed by atoms with Gasteiger partial charge in [-0.1, -0.05) is 11.6 Å². The number of esters is 1. The molecule has 3 rings (SSSR count). The Morgan fingerprint density at radius 1 is 1.04 bits per heavy atom. The van der Waals surface area contributed by atoms with Gasteiger partial charge >= 0.3 is 5.97 Å². The smallest absolute Gasteiger partial charge is 0.348 e. The van der Waals surface area contributed by atoms with Gasteiger partial charge in [0.15, 0.2) is 0 Å². The Labute approximate surface area is 150 Å². The van der Waals surface area contributed by atoms with Gasteiger partial charge in [-0.3, -0.25) is 0 Å². The Kier molecular flexibility index (Phi) is 5.31. The Bertz CT molecular complexity index is 719. The number of rotatable bonds is 7. The fraction of sp³-hybridized carbons (Fsp3) is 0.278. The highest BCUT2D eigenvalue weighted by Gasteiger charge is 2.49. The average Bonchev–Trinajstić information content (AvgIpc) is 3.40. The Hall–Kier alpha value is -2.44. The maximum atomic E-state index is 12.1. The number of methoxy groups -OCH3 is 2. The van der Waals surface area contributed by atoms with E-state index < -0.39 is 12.1 Å². The summed E-state index contributed by atoms with van der Waals surface area (Å²) in [6.45, 7) is 0.555. The third-order valence-electron chi connectivity index (χ3n) is 3.75. The number of halogens is 1. The van der Waals surface area contributed by atoms with Gasteiger partial charge in [-0.05, 0) is 48.5 Å². The molecule has 0 N–H and O–H groups in total. The molecule has 1 heterocycles. The summed E-state index contributed by atoms with van der Waals surface area (Å²) in [5, 5.41) is 2.26. The van der Waals surface area contributed by atoms with Crippen LogP contribution < -0.4 is 14.3 Å². The van der Waals surface area contributed by atoms with E-state index in [0.29, 0.717) is 23.1 Å². The molecule has 2 aromatic carbocycles. The number of hydrogen-bond acceptors (Lipinski definition) is 6. The van der Waals surface area contributed by atoms with Crippen molar-refractivity contribution in [2.45, 2.75) is 12.1 Å². The first kappa shape index (κ1) is 17.4. The lowest BCUT2D eigenvalue weighted by Gasteiger charge is -2.17. The van der Waals surface area contributed by atoms with E-state index >= 15 is 0 Å². The molecule has 0 bridgehead atoms. The minimum atomic E-state index is -0.788. The molecular weight excluding hydrogens is 346 g/mol. The van der Waals surface area contributed by atoms with Crippen molar-refractivity contribution in [3.05, 3.63) is 53.6 Å². The summed E-state index contributed by atoms with van der Waals surface area (Å²) in [6, 6.07) is 13.8. The molecule has 0 aromatic heterocycles. The topological polar surface area (TPSA) is 57.0 Å². The number of hydrogen-bond donors (Lipinski definition) is 0. The predicted molar refractivity (Wildman–Crippen MR) is 92.0 cm³/mol. The van der Waals surface area contributed by atoms with Crippen molar-refractivity contribution in [3.63, 3.8) is 0 Å². The van der Waals surface area contributed by atoms with E-state index in [2.05, 4.69) is 0 Å². The van der Waals surface area contributed by atoms with Gasteiger partial charge in [0, 0.05) is 5.02 Å². The van der Waals surface area contributed by atoms with Gasteiger partial charge in [-0.25, -0.2) is 4.79 Å². The van der Waals surface area contributed by atoms with Gasteiger partial charge in [0.2, 0.25) is 6.10 Å². The number of benzene rings is 2. The minimum absolute atomic E-state index is 0.231. The second-order valence-corrected chi connectivity index (χ2v) is 5.89. The van der Waals surface area contributed by atoms with Crippen LogP contribution in [0.1, 0.15) is 0 Å². The molecule has 1 saturated heterocycles. The van der Waals surface area contributed by atoms with Crippen molar-refractivity contribution < 1.29 is 23.8 Å². The first-order valence-corrected chi connectivity index (χ1v) is 8.07. The van der Waals surface area contributed by atoms with E-state index in [9.17, 15) is 4.79 Å². The number of ether oxygens (including phenoxy) is 3. The Balaban J connectivity index is 1.64. The largest absolute Gasteiger partial charge is 0.497 e. The molecule has 7 heteroatoms. The van der Waals surface area contributed by atoms with Gasteiger partial charge < -0.3 is 19.0 Å². The van der Waals surface area contributed by atoms with Gasteiger partial charge in [-0.15, -0.1) is 5.06 Å². The summed E-state index contributed by atoms with van der Waals surface area (Å²) >= 11 is 5.86. The summed E-state index contributed by atoms with van der Waals surface area (Å²) < 4.78 is 15.7. The average molecular weight is 364 g/mol. The Morgan fingerprint density at radius 3 is 2.24 bits per heavy atom. The van der Waals surface area contributed by atoms with Crippen LogP contribution in [0.2, 0.25) is 5.02 Å². The lowest BCUT2D eigenvalue weighted by molar-refractivity contribution is -0.150. The minimum Gasteiger partial charge on any atom is -0.497 e. The predicted octanol–water partition coefficient (Wildman–Crippen LogP) is 2.95. The molecule has 25 heavy (non-hydrogen) atoms. The number of carbonyl (C=O) groups excluding carboxylic acids is 1. The molecule has 3 atom stereocenters. The van der Waals surface area contributed by atoms with E-state index in [1.807, 2.05) is 0 Å². The van der Waals surface area contributed by atoms with Gasteiger partial charge in [-0.2, -0.15) is 0 Å². The SMILES string of the molecule is COC(=O)[C@@H](Oc1ccc(Cl)cc1)[C@H]1CN1Oc1ccc(OC)cc1. The van der Waals surface area contributed by atoms with Gasteiger partial charge in [0.1, 0.15) is 23.3 Å². The molecule has 1 fully saturated rings. The molecule has 0 aliphatic carbocycles. The van der Waals surface area contributed by atoms with Crippen molar-refractivity contribution >= 4 is 17.6 Å². The second-order valence-electron chi connectivity index (χ2n) is 5.45. The van der Waals surface area contributed by atoms with Crippen molar-refractivity contribution in [3.8, 4) is 17.2 Å². The zero-order chi connectivity index (χ0) is 17.8. The summed E-state index contributed by atoms with van der Waals surface area (Å²) in [5.74, 6) is 1.48. The first-order chi connectivity index (χ1) is 12.1. The van der Waals surface area contributed by atoms with E-state index in [1.165, 1.54) is 7.11 Å². The Morgan fingerprint density at radius 2 is 1.64 bits per heavy atom. The molecule has 0 spiro atoms. The van der Waals surface area contributed by atoms with Crippen LogP contribution in [0, 0.1) is 0 Å². The molecule has 1 unspecified atom stereocenters. The van der Waals surface area contributed by atoms with Crippen LogP contribution in [0.15, 0.2) is 48.5 Å². The van der Waals surface area contributed by atoms with Gasteiger partial charge in [0.25, 0.3) is 0 Å². The maximum Gasteiger partial charge on any atom is 0.348 e. The third kappa shape index (κ3) is 4.35. The van der Waals surface area contributed by atoms with Crippen LogP contribution in [0.25, 0.3) is 0 Å². The molecule has 1 aliphatic heterocycles. The maximum absolute atomic E-state index is 12.1. The highest BCUT2D eigenvalue weighted by atomic mass is 35.5. The summed E-state index contributed by atoms with van der Waals surface area (Å²) in [4.78, 5) is 17.8. The van der Waals surface area contributed by atoms with E-state index in [4.69, 9.17) is 30.6 Å². The number of nitrogens with zero attached hydrogens (tertiary/aromatic N) is 1. The van der Waals surface area contributed by atoms with Crippen molar-refractivity contribution in [1.82, 2.24) is 5.06 Å². The highest BCUT2D eigenvalue weighted by molar-refractivity contribution is 6.30. The molecule has 0 saturated carbocycles. The molecule has 132 valence electrons. The molecular formula is C18H18ClNO5. The zero-order valence-electron chi connectivity index (χ0n) is 13.8. The third-order valence-corrected chi connectivity index (χ3v) is 4.00. The molecule has 6 nitrogen and oxygen atoms in total. The van der Waals surface area contributed by atoms with E-state index in [-0.39, 0.29) is 6.04 Å². The molecule has 2 aromatic rings. The quantitative estimate of drug-likeness (QED) is 0.557. The van der Waals surface area contributed by atoms with Crippen LogP contribution in [-0.4, -0.2) is 43.9 Å². The number of carbonyl (C=O) groups is 1. The second kappa shape index (κ2) is 7.63. The van der Waals surface area contributed by atoms with Crippen molar-refractivity contribution in [1.29, 1.82) is 0 Å². The first-order valence-electron chi connectivity index (χ1n) is 7.69. The van der Waals surface area contributed by atoms with Crippen LogP contribution in [-0.2, 0) is 9.53 Å².